The summed E-state index contributed by atoms with van der Waals surface area (Å²) in [5.41, 5.74) is 1.74. The van der Waals surface area contributed by atoms with Gasteiger partial charge in [0.15, 0.2) is 16.7 Å². The van der Waals surface area contributed by atoms with Crippen LogP contribution < -0.4 is 9.47 Å². The topological polar surface area (TPSA) is 104 Å². The van der Waals surface area contributed by atoms with E-state index in [1.54, 1.807) is 43.3 Å². The molecular weight excluding hydrogens is 448 g/mol. The maximum Gasteiger partial charge on any atom is 0.338 e. The van der Waals surface area contributed by atoms with Crippen molar-refractivity contribution in [3.8, 4) is 11.5 Å². The lowest BCUT2D eigenvalue weighted by Crippen LogP contribution is -2.28. The van der Waals surface area contributed by atoms with Crippen LogP contribution in [0.4, 0.5) is 5.69 Å². The number of fused-ring (bicyclic) bond motifs is 1. The zero-order valence-electron chi connectivity index (χ0n) is 17.9. The highest BCUT2D eigenvalue weighted by atomic mass is 32.2. The van der Waals surface area contributed by atoms with Crippen LogP contribution in [-0.4, -0.2) is 48.4 Å². The predicted molar refractivity (Wildman–Crippen MR) is 120 cm³/mol. The number of ether oxygens (including phenoxy) is 4. The van der Waals surface area contributed by atoms with Gasteiger partial charge in [-0.2, -0.15) is 0 Å². The first-order valence-electron chi connectivity index (χ1n) is 10.0. The van der Waals surface area contributed by atoms with E-state index in [9.17, 15) is 14.4 Å². The van der Waals surface area contributed by atoms with Crippen LogP contribution in [0.15, 0.2) is 58.4 Å². The van der Waals surface area contributed by atoms with Crippen LogP contribution >= 0.6 is 11.8 Å². The molecule has 170 valence electrons. The second-order valence-corrected chi connectivity index (χ2v) is 7.88. The zero-order chi connectivity index (χ0) is 23.4. The van der Waals surface area contributed by atoms with Gasteiger partial charge in [-0.15, -0.1) is 0 Å². The zero-order valence-corrected chi connectivity index (χ0v) is 18.7. The summed E-state index contributed by atoms with van der Waals surface area (Å²) in [7, 11) is 1.24. The molecule has 0 bridgehead atoms. The average Bonchev–Trinajstić information content (AvgIpc) is 3.39. The fourth-order valence-corrected chi connectivity index (χ4v) is 4.07. The van der Waals surface area contributed by atoms with Crippen LogP contribution in [0.1, 0.15) is 22.8 Å². The molecule has 33 heavy (non-hydrogen) atoms. The molecule has 0 N–H and O–H groups in total. The minimum absolute atomic E-state index is 0.151. The molecule has 9 nitrogen and oxygen atoms in total. The van der Waals surface area contributed by atoms with Gasteiger partial charge in [0.25, 0.3) is 5.91 Å². The molecule has 0 spiro atoms. The maximum absolute atomic E-state index is 13.0. The minimum Gasteiger partial charge on any atom is -0.466 e. The molecule has 0 saturated carbocycles. The summed E-state index contributed by atoms with van der Waals surface area (Å²) in [5, 5.41) is 0.386. The summed E-state index contributed by atoms with van der Waals surface area (Å²) >= 11 is 1.07. The fourth-order valence-electron chi connectivity index (χ4n) is 3.12. The number of aliphatic imine (C=N–C) groups is 1. The molecule has 10 heteroatoms. The van der Waals surface area contributed by atoms with Crippen molar-refractivity contribution in [1.29, 1.82) is 0 Å². The van der Waals surface area contributed by atoms with E-state index in [-0.39, 0.29) is 30.8 Å². The Bertz CT molecular complexity index is 1160. The third-order valence-electron chi connectivity index (χ3n) is 4.72. The van der Waals surface area contributed by atoms with E-state index in [0.717, 1.165) is 23.4 Å². The molecule has 0 unspecified atom stereocenters. The van der Waals surface area contributed by atoms with Gasteiger partial charge in [-0.3, -0.25) is 9.69 Å². The van der Waals surface area contributed by atoms with Gasteiger partial charge in [0.2, 0.25) is 6.79 Å². The summed E-state index contributed by atoms with van der Waals surface area (Å²) in [6.07, 6.45) is 1.14. The van der Waals surface area contributed by atoms with E-state index in [1.807, 2.05) is 6.07 Å². The van der Waals surface area contributed by atoms with E-state index in [4.69, 9.17) is 14.2 Å². The average molecular weight is 468 g/mol. The molecule has 2 aromatic carbocycles. The molecule has 2 aliphatic heterocycles. The first-order chi connectivity index (χ1) is 16.0. The number of rotatable bonds is 6. The van der Waals surface area contributed by atoms with E-state index in [2.05, 4.69) is 9.73 Å². The quantitative estimate of drug-likeness (QED) is 0.469. The third-order valence-corrected chi connectivity index (χ3v) is 5.73. The number of amides is 1. The number of hydrogen-bond donors (Lipinski definition) is 0. The monoisotopic (exact) mass is 468 g/mol. The summed E-state index contributed by atoms with van der Waals surface area (Å²) in [6.45, 7) is 2.38. The molecule has 0 radical (unpaired) electrons. The van der Waals surface area contributed by atoms with Crippen molar-refractivity contribution in [3.63, 3.8) is 0 Å². The number of methoxy groups -OCH3 is 1. The van der Waals surface area contributed by atoms with Crippen molar-refractivity contribution >= 4 is 40.5 Å². The predicted octanol–water partition coefficient (Wildman–Crippen LogP) is 3.41. The Hall–Kier alpha value is -3.79. The molecule has 0 aliphatic carbocycles. The van der Waals surface area contributed by atoms with Gasteiger partial charge < -0.3 is 18.9 Å². The number of benzene rings is 2. The van der Waals surface area contributed by atoms with Crippen molar-refractivity contribution in [3.05, 3.63) is 64.6 Å². The van der Waals surface area contributed by atoms with Crippen molar-refractivity contribution in [2.75, 3.05) is 20.5 Å². The molecule has 1 saturated heterocycles. The van der Waals surface area contributed by atoms with Crippen LogP contribution in [-0.2, 0) is 25.6 Å². The van der Waals surface area contributed by atoms with Gasteiger partial charge >= 0.3 is 11.9 Å². The summed E-state index contributed by atoms with van der Waals surface area (Å²) < 4.78 is 20.4. The van der Waals surface area contributed by atoms with Crippen LogP contribution in [0.5, 0.6) is 11.5 Å². The Morgan fingerprint density at radius 2 is 1.91 bits per heavy atom. The van der Waals surface area contributed by atoms with Gasteiger partial charge in [0.05, 0.1) is 36.4 Å². The second-order valence-electron chi connectivity index (χ2n) is 6.87. The minimum atomic E-state index is -0.631. The molecule has 1 amide bonds. The summed E-state index contributed by atoms with van der Waals surface area (Å²) in [5.74, 6) is -0.179. The lowest BCUT2D eigenvalue weighted by atomic mass is 10.2. The van der Waals surface area contributed by atoms with Crippen LogP contribution in [0.25, 0.3) is 0 Å². The Balaban J connectivity index is 1.63. The number of carbonyl (C=O) groups is 3. The molecule has 0 atom stereocenters. The van der Waals surface area contributed by atoms with Gasteiger partial charge in [0.1, 0.15) is 0 Å². The number of amidine groups is 1. The second kappa shape index (κ2) is 9.78. The van der Waals surface area contributed by atoms with E-state index in [1.165, 1.54) is 12.0 Å². The smallest absolute Gasteiger partial charge is 0.338 e. The molecule has 0 aromatic heterocycles. The Morgan fingerprint density at radius 3 is 2.64 bits per heavy atom. The van der Waals surface area contributed by atoms with Crippen molar-refractivity contribution < 1.29 is 33.3 Å². The Labute approximate surface area is 194 Å². The lowest BCUT2D eigenvalue weighted by molar-refractivity contribution is -0.135. The normalized spacial score (nSPS) is 17.0. The number of carbonyl (C=O) groups excluding carboxylic acids is 3. The molecule has 2 heterocycles. The molecule has 1 fully saturated rings. The van der Waals surface area contributed by atoms with Gasteiger partial charge in [0, 0.05) is 6.08 Å². The molecule has 4 rings (SSSR count). The SMILES string of the molecule is CCOC(=O)c1ccc(N=C2S/C(=C/C(=O)OC)C(=O)N2Cc2ccc3c(c2)OCO3)cc1. The van der Waals surface area contributed by atoms with Gasteiger partial charge in [-0.1, -0.05) is 6.07 Å². The molecule has 2 aromatic rings. The van der Waals surface area contributed by atoms with Gasteiger partial charge in [-0.05, 0) is 60.6 Å². The van der Waals surface area contributed by atoms with Gasteiger partial charge in [-0.25, -0.2) is 14.6 Å². The van der Waals surface area contributed by atoms with Crippen LogP contribution in [0, 0.1) is 0 Å². The van der Waals surface area contributed by atoms with Crippen molar-refractivity contribution in [2.24, 2.45) is 4.99 Å². The van der Waals surface area contributed by atoms with Crippen LogP contribution in [0.3, 0.4) is 0 Å². The van der Waals surface area contributed by atoms with Crippen molar-refractivity contribution in [2.45, 2.75) is 13.5 Å². The standard InChI is InChI=1S/C23H20N2O7S/c1-3-30-22(28)15-5-7-16(8-6-15)24-23-25(21(27)19(33-23)11-20(26)29-2)12-14-4-9-17-18(10-14)32-13-31-17/h4-11H,3,12-13H2,1-2H3/b19-11+,24-23?. The van der Waals surface area contributed by atoms with Crippen LogP contribution in [0.2, 0.25) is 0 Å². The number of nitrogens with zero attached hydrogens (tertiary/aromatic N) is 2. The van der Waals surface area contributed by atoms with E-state index < -0.39 is 11.9 Å². The van der Waals surface area contributed by atoms with E-state index >= 15 is 0 Å². The highest BCUT2D eigenvalue weighted by Crippen LogP contribution is 2.36. The third kappa shape index (κ3) is 5.01. The van der Waals surface area contributed by atoms with E-state index in [0.29, 0.717) is 27.9 Å². The maximum atomic E-state index is 13.0. The summed E-state index contributed by atoms with van der Waals surface area (Å²) in [6, 6.07) is 11.9. The fraction of sp³-hybridized carbons (Fsp3) is 0.217. The number of hydrogen-bond acceptors (Lipinski definition) is 9. The number of esters is 2. The van der Waals surface area contributed by atoms with Crippen molar-refractivity contribution in [1.82, 2.24) is 4.90 Å². The number of thioether (sulfide) groups is 1. The highest BCUT2D eigenvalue weighted by molar-refractivity contribution is 8.18. The lowest BCUT2D eigenvalue weighted by Gasteiger charge is -2.16. The largest absolute Gasteiger partial charge is 0.466 e. The summed E-state index contributed by atoms with van der Waals surface area (Å²) in [4.78, 5) is 42.9. The highest BCUT2D eigenvalue weighted by Gasteiger charge is 2.34. The first-order valence-corrected chi connectivity index (χ1v) is 10.8. The molecule has 2 aliphatic rings. The Kier molecular flexibility index (Phi) is 6.64. The first kappa shape index (κ1) is 22.4. The Morgan fingerprint density at radius 1 is 1.15 bits per heavy atom. The molecular formula is C23H20N2O7S.